The van der Waals surface area contributed by atoms with Gasteiger partial charge in [0.2, 0.25) is 5.91 Å². The lowest BCUT2D eigenvalue weighted by Crippen LogP contribution is -2.71. The minimum atomic E-state index is -2.00. The van der Waals surface area contributed by atoms with Gasteiger partial charge in [-0.1, -0.05) is 6.08 Å². The maximum absolute atomic E-state index is 11.5. The van der Waals surface area contributed by atoms with E-state index in [1.54, 1.807) is 0 Å². The molecule has 1 fully saturated rings. The lowest BCUT2D eigenvalue weighted by atomic mass is 9.87. The monoisotopic (exact) mass is 345 g/mol. The molecule has 9 nitrogen and oxygen atoms in total. The van der Waals surface area contributed by atoms with Crippen molar-refractivity contribution in [2.45, 2.75) is 57.3 Å². The summed E-state index contributed by atoms with van der Waals surface area (Å²) < 4.78 is 15.7. The smallest absolute Gasteiger partial charge is 0.303 e. The molecule has 0 bridgehead atoms. The number of rotatable bonds is 6. The third-order valence-corrected chi connectivity index (χ3v) is 3.44. The van der Waals surface area contributed by atoms with Crippen molar-refractivity contribution in [1.82, 2.24) is 5.32 Å². The average Bonchev–Trinajstić information content (AvgIpc) is 2.44. The van der Waals surface area contributed by atoms with Crippen LogP contribution in [0.1, 0.15) is 27.2 Å². The SMILES string of the molecule is C=CC[C@]1(O)O[C@H](CO)[C@@H](OC(C)=O)[C@H](OC(C)=O)[C@H]1NC(C)=O. The lowest BCUT2D eigenvalue weighted by molar-refractivity contribution is -0.319. The number of amides is 1. The number of hydrogen-bond acceptors (Lipinski definition) is 8. The van der Waals surface area contributed by atoms with Crippen LogP contribution in [0.4, 0.5) is 0 Å². The van der Waals surface area contributed by atoms with Gasteiger partial charge in [-0.15, -0.1) is 6.58 Å². The zero-order chi connectivity index (χ0) is 18.5. The fourth-order valence-electron chi connectivity index (χ4n) is 2.66. The number of esters is 2. The van der Waals surface area contributed by atoms with E-state index in [0.29, 0.717) is 0 Å². The highest BCUT2D eigenvalue weighted by Gasteiger charge is 2.56. The van der Waals surface area contributed by atoms with E-state index >= 15 is 0 Å². The van der Waals surface area contributed by atoms with E-state index in [1.807, 2.05) is 0 Å². The summed E-state index contributed by atoms with van der Waals surface area (Å²) in [6, 6.07) is -1.23. The first-order valence-corrected chi connectivity index (χ1v) is 7.38. The highest BCUT2D eigenvalue weighted by atomic mass is 16.7. The molecule has 1 aliphatic heterocycles. The van der Waals surface area contributed by atoms with Gasteiger partial charge in [-0.05, 0) is 0 Å². The summed E-state index contributed by atoms with van der Waals surface area (Å²) in [4.78, 5) is 34.3. The Bertz CT molecular complexity index is 508. The molecule has 0 aromatic rings. The van der Waals surface area contributed by atoms with Gasteiger partial charge in [0.25, 0.3) is 0 Å². The second kappa shape index (κ2) is 8.22. The number of aliphatic hydroxyl groups is 2. The van der Waals surface area contributed by atoms with E-state index < -0.39 is 54.6 Å². The first kappa shape index (κ1) is 20.1. The predicted molar refractivity (Wildman–Crippen MR) is 80.4 cm³/mol. The van der Waals surface area contributed by atoms with Crippen molar-refractivity contribution in [3.63, 3.8) is 0 Å². The molecule has 0 aromatic heterocycles. The number of aliphatic hydroxyl groups excluding tert-OH is 1. The second-order valence-electron chi connectivity index (χ2n) is 5.50. The Balaban J connectivity index is 3.34. The van der Waals surface area contributed by atoms with Crippen LogP contribution in [0.3, 0.4) is 0 Å². The van der Waals surface area contributed by atoms with Gasteiger partial charge in [-0.25, -0.2) is 0 Å². The summed E-state index contributed by atoms with van der Waals surface area (Å²) in [5.74, 6) is -3.94. The summed E-state index contributed by atoms with van der Waals surface area (Å²) in [5, 5.41) is 22.7. The Labute approximate surface area is 139 Å². The summed E-state index contributed by atoms with van der Waals surface area (Å²) in [7, 11) is 0. The Hall–Kier alpha value is -1.97. The normalized spacial score (nSPS) is 32.5. The third-order valence-electron chi connectivity index (χ3n) is 3.44. The van der Waals surface area contributed by atoms with Gasteiger partial charge in [0.05, 0.1) is 6.61 Å². The fourth-order valence-corrected chi connectivity index (χ4v) is 2.66. The topological polar surface area (TPSA) is 131 Å². The summed E-state index contributed by atoms with van der Waals surface area (Å²) in [6.45, 7) is 6.37. The lowest BCUT2D eigenvalue weighted by Gasteiger charge is -2.49. The highest BCUT2D eigenvalue weighted by Crippen LogP contribution is 2.34. The number of carbonyl (C=O) groups is 3. The van der Waals surface area contributed by atoms with Gasteiger partial charge in [0.15, 0.2) is 18.0 Å². The van der Waals surface area contributed by atoms with E-state index in [1.165, 1.54) is 13.0 Å². The molecule has 3 N–H and O–H groups in total. The third kappa shape index (κ3) is 4.76. The zero-order valence-corrected chi connectivity index (χ0v) is 13.9. The molecule has 24 heavy (non-hydrogen) atoms. The molecule has 1 saturated heterocycles. The largest absolute Gasteiger partial charge is 0.456 e. The van der Waals surface area contributed by atoms with Crippen LogP contribution in [-0.4, -0.2) is 64.8 Å². The second-order valence-corrected chi connectivity index (χ2v) is 5.50. The molecule has 1 aliphatic rings. The molecule has 0 radical (unpaired) electrons. The van der Waals surface area contributed by atoms with E-state index in [0.717, 1.165) is 13.8 Å². The Morgan fingerprint density at radius 2 is 1.75 bits per heavy atom. The number of ether oxygens (including phenoxy) is 3. The molecule has 0 spiro atoms. The van der Waals surface area contributed by atoms with Crippen LogP contribution in [0.15, 0.2) is 12.7 Å². The molecule has 1 amide bonds. The first-order chi connectivity index (χ1) is 11.1. The van der Waals surface area contributed by atoms with Crippen molar-refractivity contribution >= 4 is 17.8 Å². The standard InChI is InChI=1S/C15H23NO8/c1-5-6-15(21)14(16-8(2)18)13(23-10(4)20)12(22-9(3)19)11(7-17)24-15/h5,11-14,17,21H,1,6-7H2,2-4H3,(H,16,18)/t11-,12-,13+,14-,15+/m1/s1. The summed E-state index contributed by atoms with van der Waals surface area (Å²) >= 11 is 0. The molecular weight excluding hydrogens is 322 g/mol. The molecule has 9 heteroatoms. The van der Waals surface area contributed by atoms with Gasteiger partial charge < -0.3 is 29.7 Å². The van der Waals surface area contributed by atoms with Crippen molar-refractivity contribution in [2.75, 3.05) is 6.61 Å². The van der Waals surface area contributed by atoms with Crippen molar-refractivity contribution in [1.29, 1.82) is 0 Å². The number of hydrogen-bond donors (Lipinski definition) is 3. The quantitative estimate of drug-likeness (QED) is 0.413. The minimum absolute atomic E-state index is 0.126. The van der Waals surface area contributed by atoms with Crippen LogP contribution in [0, 0.1) is 0 Å². The summed E-state index contributed by atoms with van der Waals surface area (Å²) in [6.07, 6.45) is -2.41. The predicted octanol–water partition coefficient (Wildman–Crippen LogP) is -0.990. The Kier molecular flexibility index (Phi) is 6.88. The highest BCUT2D eigenvalue weighted by molar-refractivity contribution is 5.74. The molecule has 136 valence electrons. The molecule has 1 heterocycles. The van der Waals surface area contributed by atoms with Crippen LogP contribution < -0.4 is 5.32 Å². The van der Waals surface area contributed by atoms with E-state index in [2.05, 4.69) is 11.9 Å². The van der Waals surface area contributed by atoms with E-state index in [-0.39, 0.29) is 6.42 Å². The minimum Gasteiger partial charge on any atom is -0.456 e. The Morgan fingerprint density at radius 3 is 2.17 bits per heavy atom. The fraction of sp³-hybridized carbons (Fsp3) is 0.667. The molecule has 1 rings (SSSR count). The molecule has 0 aliphatic carbocycles. The van der Waals surface area contributed by atoms with E-state index in [4.69, 9.17) is 14.2 Å². The maximum atomic E-state index is 11.5. The molecule has 5 atom stereocenters. The molecule has 0 unspecified atom stereocenters. The van der Waals surface area contributed by atoms with Crippen LogP contribution in [-0.2, 0) is 28.6 Å². The zero-order valence-electron chi connectivity index (χ0n) is 13.9. The van der Waals surface area contributed by atoms with Gasteiger partial charge in [-0.3, -0.25) is 14.4 Å². The van der Waals surface area contributed by atoms with Crippen molar-refractivity contribution < 1.29 is 38.8 Å². The molecular formula is C15H23NO8. The first-order valence-electron chi connectivity index (χ1n) is 7.38. The van der Waals surface area contributed by atoms with Crippen LogP contribution in [0.25, 0.3) is 0 Å². The van der Waals surface area contributed by atoms with Crippen LogP contribution in [0.5, 0.6) is 0 Å². The van der Waals surface area contributed by atoms with Crippen molar-refractivity contribution in [3.8, 4) is 0 Å². The molecule has 0 aromatic carbocycles. The average molecular weight is 345 g/mol. The van der Waals surface area contributed by atoms with E-state index in [9.17, 15) is 24.6 Å². The number of nitrogens with one attached hydrogen (secondary N) is 1. The van der Waals surface area contributed by atoms with Gasteiger partial charge >= 0.3 is 11.9 Å². The van der Waals surface area contributed by atoms with Crippen molar-refractivity contribution in [3.05, 3.63) is 12.7 Å². The van der Waals surface area contributed by atoms with Crippen LogP contribution in [0.2, 0.25) is 0 Å². The van der Waals surface area contributed by atoms with Crippen molar-refractivity contribution in [2.24, 2.45) is 0 Å². The van der Waals surface area contributed by atoms with Gasteiger partial charge in [-0.2, -0.15) is 0 Å². The summed E-state index contributed by atoms with van der Waals surface area (Å²) in [5.41, 5.74) is 0. The maximum Gasteiger partial charge on any atom is 0.303 e. The van der Waals surface area contributed by atoms with Gasteiger partial charge in [0.1, 0.15) is 12.1 Å². The van der Waals surface area contributed by atoms with Gasteiger partial charge in [0, 0.05) is 27.2 Å². The molecule has 0 saturated carbocycles. The number of carbonyl (C=O) groups excluding carboxylic acids is 3. The Morgan fingerprint density at radius 1 is 1.21 bits per heavy atom. The van der Waals surface area contributed by atoms with Crippen LogP contribution >= 0.6 is 0 Å².